The van der Waals surface area contributed by atoms with E-state index in [9.17, 15) is 19.5 Å². The third-order valence-corrected chi connectivity index (χ3v) is 5.35. The number of carbonyl (C=O) groups is 3. The highest BCUT2D eigenvalue weighted by Gasteiger charge is 2.43. The van der Waals surface area contributed by atoms with Gasteiger partial charge in [0.2, 0.25) is 0 Å². The number of ether oxygens (including phenoxy) is 1. The number of para-hydroxylation sites is 1. The van der Waals surface area contributed by atoms with E-state index in [1.807, 2.05) is 12.1 Å². The van der Waals surface area contributed by atoms with Crippen LogP contribution in [0, 0.1) is 0 Å². The average molecular weight is 365 g/mol. The molecule has 0 saturated carbocycles. The minimum absolute atomic E-state index is 0.000748. The topological polar surface area (TPSA) is 83.9 Å². The van der Waals surface area contributed by atoms with E-state index >= 15 is 0 Å². The predicted molar refractivity (Wildman–Crippen MR) is 97.3 cm³/mol. The zero-order valence-electron chi connectivity index (χ0n) is 14.7. The fraction of sp³-hybridized carbons (Fsp3) is 0.286. The normalized spacial score (nSPS) is 17.9. The first-order valence-electron chi connectivity index (χ1n) is 8.92. The van der Waals surface area contributed by atoms with Crippen LogP contribution < -0.4 is 4.74 Å². The molecule has 4 rings (SSSR count). The molecule has 0 bridgehead atoms. The van der Waals surface area contributed by atoms with E-state index in [1.54, 1.807) is 29.2 Å². The van der Waals surface area contributed by atoms with Gasteiger partial charge in [0.15, 0.2) is 5.78 Å². The van der Waals surface area contributed by atoms with Crippen LogP contribution in [0.15, 0.2) is 48.5 Å². The van der Waals surface area contributed by atoms with Crippen LogP contribution in [0.25, 0.3) is 0 Å². The highest BCUT2D eigenvalue weighted by molar-refractivity contribution is 6.05. The van der Waals surface area contributed by atoms with Gasteiger partial charge < -0.3 is 14.7 Å². The van der Waals surface area contributed by atoms with Gasteiger partial charge >= 0.3 is 5.97 Å². The average Bonchev–Trinajstić information content (AvgIpc) is 2.68. The number of amides is 1. The standard InChI is InChI=1S/C21H19NO5/c23-17-13-21(27-18-8-4-3-7-16(17)18)9-11-22(12-10-21)19(24)14-5-1-2-6-15(14)20(25)26/h1-8H,9-13H2,(H,25,26). The molecule has 1 spiro atoms. The second-order valence-electron chi connectivity index (χ2n) is 7.02. The Morgan fingerprint density at radius 2 is 1.59 bits per heavy atom. The maximum Gasteiger partial charge on any atom is 0.336 e. The molecule has 1 fully saturated rings. The molecule has 0 radical (unpaired) electrons. The highest BCUT2D eigenvalue weighted by Crippen LogP contribution is 2.39. The lowest BCUT2D eigenvalue weighted by Gasteiger charge is -2.44. The first kappa shape index (κ1) is 17.3. The van der Waals surface area contributed by atoms with Crippen LogP contribution >= 0.6 is 0 Å². The number of fused-ring (bicyclic) bond motifs is 1. The van der Waals surface area contributed by atoms with Crippen LogP contribution in [0.3, 0.4) is 0 Å². The van der Waals surface area contributed by atoms with Crippen molar-refractivity contribution in [2.75, 3.05) is 13.1 Å². The molecular formula is C21H19NO5. The van der Waals surface area contributed by atoms with Crippen molar-refractivity contribution in [2.45, 2.75) is 24.9 Å². The quantitative estimate of drug-likeness (QED) is 0.884. The van der Waals surface area contributed by atoms with Gasteiger partial charge in [-0.05, 0) is 24.3 Å². The molecule has 0 aromatic heterocycles. The zero-order chi connectivity index (χ0) is 19.0. The zero-order valence-corrected chi connectivity index (χ0v) is 14.7. The van der Waals surface area contributed by atoms with Crippen molar-refractivity contribution < 1.29 is 24.2 Å². The number of carboxylic acid groups (broad SMARTS) is 1. The molecule has 1 amide bonds. The molecule has 0 unspecified atom stereocenters. The van der Waals surface area contributed by atoms with E-state index in [2.05, 4.69) is 0 Å². The Bertz CT molecular complexity index is 928. The number of piperidine rings is 1. The number of hydrogen-bond acceptors (Lipinski definition) is 4. The summed E-state index contributed by atoms with van der Waals surface area (Å²) < 4.78 is 6.17. The molecule has 6 nitrogen and oxygen atoms in total. The number of Topliss-reactive ketones (excluding diaryl/α,β-unsaturated/α-hetero) is 1. The van der Waals surface area contributed by atoms with Crippen LogP contribution in [-0.2, 0) is 0 Å². The molecule has 1 N–H and O–H groups in total. The number of carboxylic acids is 1. The van der Waals surface area contributed by atoms with Gasteiger partial charge in [0.05, 0.1) is 23.1 Å². The van der Waals surface area contributed by atoms with Crippen LogP contribution in [0.4, 0.5) is 0 Å². The Kier molecular flexibility index (Phi) is 4.18. The van der Waals surface area contributed by atoms with Gasteiger partial charge in [0.25, 0.3) is 5.91 Å². The van der Waals surface area contributed by atoms with Gasteiger partial charge in [0.1, 0.15) is 11.4 Å². The third kappa shape index (κ3) is 3.07. The van der Waals surface area contributed by atoms with Crippen LogP contribution in [0.2, 0.25) is 0 Å². The SMILES string of the molecule is O=C1CC2(CCN(C(=O)c3ccccc3C(=O)O)CC2)Oc2ccccc21. The smallest absolute Gasteiger partial charge is 0.336 e. The number of ketones is 1. The summed E-state index contributed by atoms with van der Waals surface area (Å²) in [5, 5.41) is 9.31. The monoisotopic (exact) mass is 365 g/mol. The van der Waals surface area contributed by atoms with Crippen molar-refractivity contribution in [3.63, 3.8) is 0 Å². The Balaban J connectivity index is 1.51. The van der Waals surface area contributed by atoms with E-state index in [0.717, 1.165) is 0 Å². The second-order valence-corrected chi connectivity index (χ2v) is 7.02. The number of benzene rings is 2. The van der Waals surface area contributed by atoms with Crippen LogP contribution in [0.1, 0.15) is 50.3 Å². The van der Waals surface area contributed by atoms with Gasteiger partial charge in [-0.3, -0.25) is 9.59 Å². The van der Waals surface area contributed by atoms with Crippen molar-refractivity contribution in [2.24, 2.45) is 0 Å². The molecule has 0 aliphatic carbocycles. The van der Waals surface area contributed by atoms with Crippen LogP contribution in [0.5, 0.6) is 5.75 Å². The summed E-state index contributed by atoms with van der Waals surface area (Å²) in [7, 11) is 0. The maximum atomic E-state index is 12.8. The number of nitrogens with zero attached hydrogens (tertiary/aromatic N) is 1. The second kappa shape index (κ2) is 6.54. The van der Waals surface area contributed by atoms with E-state index < -0.39 is 11.6 Å². The molecule has 27 heavy (non-hydrogen) atoms. The highest BCUT2D eigenvalue weighted by atomic mass is 16.5. The van der Waals surface area contributed by atoms with Gasteiger partial charge in [-0.15, -0.1) is 0 Å². The molecule has 2 aromatic carbocycles. The Labute approximate surface area is 156 Å². The van der Waals surface area contributed by atoms with Crippen molar-refractivity contribution in [3.05, 3.63) is 65.2 Å². The number of carbonyl (C=O) groups excluding carboxylic acids is 2. The van der Waals surface area contributed by atoms with Crippen LogP contribution in [-0.4, -0.2) is 46.4 Å². The van der Waals surface area contributed by atoms with Gasteiger partial charge in [0, 0.05) is 25.9 Å². The molecule has 2 aromatic rings. The molecule has 138 valence electrons. The third-order valence-electron chi connectivity index (χ3n) is 5.35. The van der Waals surface area contributed by atoms with Gasteiger partial charge in [-0.1, -0.05) is 24.3 Å². The van der Waals surface area contributed by atoms with E-state index in [4.69, 9.17) is 4.74 Å². The Morgan fingerprint density at radius 1 is 0.963 bits per heavy atom. The number of likely N-dealkylation sites (tertiary alicyclic amines) is 1. The van der Waals surface area contributed by atoms with Crippen molar-refractivity contribution in [1.29, 1.82) is 0 Å². The predicted octanol–water partition coefficient (Wildman–Crippen LogP) is 3.03. The summed E-state index contributed by atoms with van der Waals surface area (Å²) in [4.78, 5) is 38.3. The van der Waals surface area contributed by atoms with E-state index in [0.29, 0.717) is 43.7 Å². The first-order chi connectivity index (χ1) is 13.0. The molecule has 2 heterocycles. The minimum atomic E-state index is -1.12. The molecule has 0 atom stereocenters. The Hall–Kier alpha value is -3.15. The molecule has 6 heteroatoms. The molecular weight excluding hydrogens is 346 g/mol. The fourth-order valence-corrected chi connectivity index (χ4v) is 3.87. The van der Waals surface area contributed by atoms with Crippen molar-refractivity contribution in [3.8, 4) is 5.75 Å². The summed E-state index contributed by atoms with van der Waals surface area (Å²) in [6, 6.07) is 13.5. The minimum Gasteiger partial charge on any atom is -0.486 e. The molecule has 1 saturated heterocycles. The fourth-order valence-electron chi connectivity index (χ4n) is 3.87. The lowest BCUT2D eigenvalue weighted by molar-refractivity contribution is -0.00580. The lowest BCUT2D eigenvalue weighted by atomic mass is 9.82. The van der Waals surface area contributed by atoms with E-state index in [-0.39, 0.29) is 22.8 Å². The molecule has 2 aliphatic heterocycles. The summed E-state index contributed by atoms with van der Waals surface area (Å²) >= 11 is 0. The summed E-state index contributed by atoms with van der Waals surface area (Å²) in [5.41, 5.74) is 0.207. The largest absolute Gasteiger partial charge is 0.486 e. The van der Waals surface area contributed by atoms with Gasteiger partial charge in [-0.2, -0.15) is 0 Å². The van der Waals surface area contributed by atoms with Gasteiger partial charge in [-0.25, -0.2) is 4.79 Å². The maximum absolute atomic E-state index is 12.8. The Morgan fingerprint density at radius 3 is 2.30 bits per heavy atom. The lowest BCUT2D eigenvalue weighted by Crippen LogP contribution is -2.52. The number of rotatable bonds is 2. The summed E-state index contributed by atoms with van der Waals surface area (Å²) in [5.74, 6) is -0.756. The van der Waals surface area contributed by atoms with E-state index in [1.165, 1.54) is 12.1 Å². The molecule has 2 aliphatic rings. The van der Waals surface area contributed by atoms with Crippen molar-refractivity contribution >= 4 is 17.7 Å². The first-order valence-corrected chi connectivity index (χ1v) is 8.92. The van der Waals surface area contributed by atoms with Crippen molar-refractivity contribution in [1.82, 2.24) is 4.90 Å². The summed E-state index contributed by atoms with van der Waals surface area (Å²) in [6.07, 6.45) is 1.37. The summed E-state index contributed by atoms with van der Waals surface area (Å²) in [6.45, 7) is 0.838. The number of aromatic carboxylic acids is 1. The number of hydrogen-bond donors (Lipinski definition) is 1.